The van der Waals surface area contributed by atoms with Crippen LogP contribution in [0.5, 0.6) is 11.5 Å². The second kappa shape index (κ2) is 7.46. The number of nitro benzene ring substituents is 1. The van der Waals surface area contributed by atoms with Gasteiger partial charge in [-0.25, -0.2) is 10.2 Å². The summed E-state index contributed by atoms with van der Waals surface area (Å²) in [5.41, 5.74) is 0.772. The molecule has 0 saturated carbocycles. The monoisotopic (exact) mass is 427 g/mol. The normalized spacial score (nSPS) is 19.1. The average Bonchev–Trinajstić information content (AvgIpc) is 2.76. The molecular weight excluding hydrogens is 411 g/mol. The third-order valence-electron chi connectivity index (χ3n) is 4.72. The molecule has 4 N–H and O–H groups in total. The van der Waals surface area contributed by atoms with Gasteiger partial charge in [-0.1, -0.05) is 6.08 Å². The summed E-state index contributed by atoms with van der Waals surface area (Å²) < 4.78 is 17.3. The van der Waals surface area contributed by atoms with Gasteiger partial charge in [0, 0.05) is 18.2 Å². The number of fused-ring (bicyclic) bond motifs is 2. The third-order valence-corrected chi connectivity index (χ3v) is 4.72. The molecule has 0 radical (unpaired) electrons. The van der Waals surface area contributed by atoms with Crippen LogP contribution in [0.15, 0.2) is 59.9 Å². The number of nitrogens with one attached hydrogen (secondary N) is 2. The van der Waals surface area contributed by atoms with E-state index in [4.69, 9.17) is 19.2 Å². The summed E-state index contributed by atoms with van der Waals surface area (Å²) in [7, 11) is 1.39. The number of nitrogens with zero attached hydrogens (tertiary/aromatic N) is 2. The van der Waals surface area contributed by atoms with Crippen LogP contribution in [0, 0.1) is 15.0 Å². The predicted octanol–water partition coefficient (Wildman–Crippen LogP) is 1.31. The molecule has 12 nitrogen and oxygen atoms in total. The Bertz CT molecular complexity index is 1200. The summed E-state index contributed by atoms with van der Waals surface area (Å²) >= 11 is 0. The molecule has 1 atom stereocenters. The minimum atomic E-state index is -2.47. The standard InChI is InChI=1S/C18H15BN4O8/c1-29-19-18(21-15-9-12(23(27)28)3-6-17(15)31-19)7-4-13(30-19)10-20-14-8-11(22(25)26)2-5-16(14)24/h2-10,21,24H,1H3,(H,25,26)/p+1. The number of benzene rings is 2. The minimum Gasteiger partial charge on any atom is -0.654 e. The molecular formula is C18H16BN4O8+. The van der Waals surface area contributed by atoms with E-state index in [9.17, 15) is 20.1 Å². The maximum atomic E-state index is 11.0. The largest absolute Gasteiger partial charge is 0.654 e. The number of nitro groups is 1. The summed E-state index contributed by atoms with van der Waals surface area (Å²) in [4.78, 5) is 24.0. The van der Waals surface area contributed by atoms with Gasteiger partial charge in [-0.3, -0.25) is 10.1 Å². The van der Waals surface area contributed by atoms with Crippen LogP contribution in [0.3, 0.4) is 0 Å². The van der Waals surface area contributed by atoms with Crippen molar-refractivity contribution in [3.63, 3.8) is 0 Å². The van der Waals surface area contributed by atoms with Crippen LogP contribution in [0.4, 0.5) is 22.7 Å². The number of rotatable bonds is 5. The molecule has 0 amide bonds. The van der Waals surface area contributed by atoms with Gasteiger partial charge in [-0.05, 0) is 30.9 Å². The van der Waals surface area contributed by atoms with E-state index in [-0.39, 0.29) is 33.5 Å². The highest BCUT2D eigenvalue weighted by Crippen LogP contribution is 2.40. The highest BCUT2D eigenvalue weighted by atomic mass is 16.8. The molecule has 0 aromatic heterocycles. The maximum absolute atomic E-state index is 11.0. The van der Waals surface area contributed by atoms with E-state index in [0.717, 1.165) is 0 Å². The molecule has 2 aromatic carbocycles. The van der Waals surface area contributed by atoms with E-state index >= 15 is 0 Å². The number of aromatic hydroxyl groups is 1. The number of non-ortho nitro benzene ring substituents is 1. The molecule has 0 spiro atoms. The van der Waals surface area contributed by atoms with Gasteiger partial charge in [-0.2, -0.15) is 0 Å². The molecule has 1 unspecified atom stereocenters. The van der Waals surface area contributed by atoms with E-state index in [1.807, 2.05) is 0 Å². The summed E-state index contributed by atoms with van der Waals surface area (Å²) in [6, 6.07) is 7.81. The Morgan fingerprint density at radius 2 is 1.94 bits per heavy atom. The summed E-state index contributed by atoms with van der Waals surface area (Å²) in [5.74, 6) is 0.417. The van der Waals surface area contributed by atoms with E-state index in [2.05, 4.69) is 10.3 Å². The van der Waals surface area contributed by atoms with Crippen LogP contribution in [0.25, 0.3) is 0 Å². The van der Waals surface area contributed by atoms with Gasteiger partial charge >= 0.3 is 12.4 Å². The molecule has 2 aromatic rings. The number of phenolic OH excluding ortho intramolecular Hbond substituents is 1. The molecule has 2 heterocycles. The highest BCUT2D eigenvalue weighted by molar-refractivity contribution is 6.71. The first-order valence-corrected chi connectivity index (χ1v) is 8.94. The number of allylic oxidation sites excluding steroid dienone is 3. The molecule has 2 aliphatic heterocycles. The third kappa shape index (κ3) is 3.64. The Morgan fingerprint density at radius 1 is 1.16 bits per heavy atom. The van der Waals surface area contributed by atoms with Gasteiger partial charge < -0.3 is 24.4 Å². The second-order valence-corrected chi connectivity index (χ2v) is 6.63. The highest BCUT2D eigenvalue weighted by Gasteiger charge is 2.43. The van der Waals surface area contributed by atoms with Crippen LogP contribution in [-0.4, -0.2) is 40.2 Å². The molecule has 13 heteroatoms. The van der Waals surface area contributed by atoms with Crippen molar-refractivity contribution < 1.29 is 39.1 Å². The van der Waals surface area contributed by atoms with Gasteiger partial charge in [0.1, 0.15) is 5.76 Å². The summed E-state index contributed by atoms with van der Waals surface area (Å²) in [6.07, 6.45) is 4.61. The lowest BCUT2D eigenvalue weighted by Gasteiger charge is -2.47. The smallest absolute Gasteiger partial charge is 0.538 e. The van der Waals surface area contributed by atoms with Crippen molar-refractivity contribution in [2.45, 2.75) is 0 Å². The zero-order valence-electron chi connectivity index (χ0n) is 16.0. The van der Waals surface area contributed by atoms with Gasteiger partial charge in [0.2, 0.25) is 6.21 Å². The van der Waals surface area contributed by atoms with Crippen LogP contribution in [0.1, 0.15) is 0 Å². The van der Waals surface area contributed by atoms with Crippen molar-refractivity contribution in [2.75, 3.05) is 12.4 Å². The van der Waals surface area contributed by atoms with Crippen molar-refractivity contribution >= 4 is 35.7 Å². The summed E-state index contributed by atoms with van der Waals surface area (Å²) in [5, 5.41) is 33.0. The number of anilines is 1. The Kier molecular flexibility index (Phi) is 4.79. The molecule has 0 saturated heterocycles. The average molecular weight is 427 g/mol. The molecule has 158 valence electrons. The first-order valence-electron chi connectivity index (χ1n) is 8.94. The van der Waals surface area contributed by atoms with Gasteiger partial charge in [-0.15, -0.1) is 0 Å². The zero-order chi connectivity index (χ0) is 22.2. The van der Waals surface area contributed by atoms with Gasteiger partial charge in [0.05, 0.1) is 27.3 Å². The zero-order valence-corrected chi connectivity index (χ0v) is 16.0. The predicted molar refractivity (Wildman–Crippen MR) is 107 cm³/mol. The summed E-state index contributed by atoms with van der Waals surface area (Å²) in [6.45, 7) is -2.47. The van der Waals surface area contributed by atoms with Crippen molar-refractivity contribution in [2.24, 2.45) is 0 Å². The Labute approximate surface area is 174 Å². The molecule has 0 fully saturated rings. The van der Waals surface area contributed by atoms with E-state index in [0.29, 0.717) is 17.0 Å². The lowest BCUT2D eigenvalue weighted by Crippen LogP contribution is -2.63. The fourth-order valence-corrected chi connectivity index (χ4v) is 3.16. The molecule has 31 heavy (non-hydrogen) atoms. The van der Waals surface area contributed by atoms with Gasteiger partial charge in [0.25, 0.3) is 16.3 Å². The van der Waals surface area contributed by atoms with Crippen molar-refractivity contribution in [3.8, 4) is 11.5 Å². The van der Waals surface area contributed by atoms with E-state index in [1.165, 1.54) is 49.7 Å². The van der Waals surface area contributed by atoms with E-state index in [1.54, 1.807) is 12.2 Å². The second-order valence-electron chi connectivity index (χ2n) is 6.63. The fourth-order valence-electron chi connectivity index (χ4n) is 3.16. The fraction of sp³-hybridized carbons (Fsp3) is 0.0556. The van der Waals surface area contributed by atoms with Crippen LogP contribution >= 0.6 is 0 Å². The molecule has 4 rings (SSSR count). The van der Waals surface area contributed by atoms with Crippen LogP contribution in [0.2, 0.25) is 0 Å². The van der Waals surface area contributed by atoms with E-state index < -0.39 is 11.7 Å². The Morgan fingerprint density at radius 3 is 2.65 bits per heavy atom. The topological polar surface area (TPSA) is 157 Å². The van der Waals surface area contributed by atoms with Crippen molar-refractivity contribution in [1.29, 1.82) is 0 Å². The molecule has 2 aliphatic rings. The minimum absolute atomic E-state index is 0.0856. The lowest BCUT2D eigenvalue weighted by molar-refractivity contribution is -0.729. The molecule has 0 bridgehead atoms. The van der Waals surface area contributed by atoms with Crippen LogP contribution < -0.4 is 15.0 Å². The first kappa shape index (κ1) is 19.9. The van der Waals surface area contributed by atoms with Crippen molar-refractivity contribution in [1.82, 2.24) is 0 Å². The van der Waals surface area contributed by atoms with Crippen LogP contribution in [-0.2, 0) is 9.31 Å². The first-order chi connectivity index (χ1) is 14.8. The number of hydrogen-bond donors (Lipinski definition) is 4. The van der Waals surface area contributed by atoms with Crippen molar-refractivity contribution in [3.05, 3.63) is 74.9 Å². The Balaban J connectivity index is 1.63. The Hall–Kier alpha value is -4.39. The molecule has 0 aliphatic carbocycles. The lowest BCUT2D eigenvalue weighted by atomic mass is 9.70. The van der Waals surface area contributed by atoms with Gasteiger partial charge in [0.15, 0.2) is 5.75 Å². The SMILES string of the molecule is CO[B-]12OC(C=[NH+]c3cc([N+](=O)O)ccc3O)=CC=C1Nc1cc([N+](=O)[O-])ccc1O2. The number of phenols is 1. The maximum Gasteiger partial charge on any atom is 0.538 e. The quantitative estimate of drug-likeness (QED) is 0.182. The number of hydrogen-bond acceptors (Lipinski definition) is 8.